The Bertz CT molecular complexity index is 722. The molecule has 0 atom stereocenters. The first kappa shape index (κ1) is 13.6. The molecule has 0 aliphatic rings. The summed E-state index contributed by atoms with van der Waals surface area (Å²) in [4.78, 5) is 4.09. The van der Waals surface area contributed by atoms with Crippen molar-refractivity contribution in [3.05, 3.63) is 60.4 Å². The van der Waals surface area contributed by atoms with Gasteiger partial charge in [0.25, 0.3) is 0 Å². The van der Waals surface area contributed by atoms with Gasteiger partial charge in [0.2, 0.25) is 0 Å². The second-order valence-corrected chi connectivity index (χ2v) is 6.15. The molecule has 3 aromatic rings. The summed E-state index contributed by atoms with van der Waals surface area (Å²) < 4.78 is 5.41. The normalized spacial score (nSPS) is 11.6. The third-order valence-electron chi connectivity index (χ3n) is 3.50. The Hall–Kier alpha value is -2.42. The number of nitrogens with zero attached hydrogens (tertiary/aromatic N) is 2. The van der Waals surface area contributed by atoms with Gasteiger partial charge in [-0.15, -0.1) is 0 Å². The Kier molecular flexibility index (Phi) is 3.34. The summed E-state index contributed by atoms with van der Waals surface area (Å²) in [7, 11) is 0. The molecule has 0 radical (unpaired) electrons. The van der Waals surface area contributed by atoms with Gasteiger partial charge in [-0.25, -0.2) is 0 Å². The standard InChI is InChI=1S/C18H18N2O/c1-18(2,3)15-8-6-13(7-9-15)16-11-17(21-20-16)14-5-4-10-19-12-14/h4-12H,1-3H3. The van der Waals surface area contributed by atoms with Crippen LogP contribution in [0.25, 0.3) is 22.6 Å². The van der Waals surface area contributed by atoms with Crippen LogP contribution in [0.5, 0.6) is 0 Å². The lowest BCUT2D eigenvalue weighted by Gasteiger charge is -2.18. The number of rotatable bonds is 2. The highest BCUT2D eigenvalue weighted by Gasteiger charge is 2.14. The molecular formula is C18H18N2O. The zero-order valence-electron chi connectivity index (χ0n) is 12.5. The van der Waals surface area contributed by atoms with Crippen LogP contribution < -0.4 is 0 Å². The maximum Gasteiger partial charge on any atom is 0.169 e. The Morgan fingerprint density at radius 2 is 1.71 bits per heavy atom. The lowest BCUT2D eigenvalue weighted by atomic mass is 9.86. The van der Waals surface area contributed by atoms with E-state index >= 15 is 0 Å². The van der Waals surface area contributed by atoms with Crippen LogP contribution in [0.3, 0.4) is 0 Å². The molecule has 0 aliphatic heterocycles. The average molecular weight is 278 g/mol. The van der Waals surface area contributed by atoms with Crippen LogP contribution in [0.15, 0.2) is 59.4 Å². The summed E-state index contributed by atoms with van der Waals surface area (Å²) in [6.07, 6.45) is 3.51. The molecule has 1 aromatic carbocycles. The van der Waals surface area contributed by atoms with Gasteiger partial charge in [-0.3, -0.25) is 4.98 Å². The molecule has 106 valence electrons. The van der Waals surface area contributed by atoms with Gasteiger partial charge in [0.15, 0.2) is 5.76 Å². The second-order valence-electron chi connectivity index (χ2n) is 6.15. The Morgan fingerprint density at radius 3 is 2.33 bits per heavy atom. The first-order valence-electron chi connectivity index (χ1n) is 7.02. The van der Waals surface area contributed by atoms with E-state index in [9.17, 15) is 0 Å². The van der Waals surface area contributed by atoms with Gasteiger partial charge >= 0.3 is 0 Å². The van der Waals surface area contributed by atoms with Crippen LogP contribution in [0, 0.1) is 0 Å². The number of hydrogen-bond donors (Lipinski definition) is 0. The van der Waals surface area contributed by atoms with E-state index in [1.165, 1.54) is 5.56 Å². The zero-order valence-corrected chi connectivity index (χ0v) is 12.5. The third-order valence-corrected chi connectivity index (χ3v) is 3.50. The lowest BCUT2D eigenvalue weighted by Crippen LogP contribution is -2.10. The largest absolute Gasteiger partial charge is 0.356 e. The fourth-order valence-corrected chi connectivity index (χ4v) is 2.20. The monoisotopic (exact) mass is 278 g/mol. The van der Waals surface area contributed by atoms with Gasteiger partial charge in [-0.1, -0.05) is 50.2 Å². The molecule has 0 unspecified atom stereocenters. The quantitative estimate of drug-likeness (QED) is 0.682. The Labute approximate surface area is 124 Å². The molecule has 0 amide bonds. The Balaban J connectivity index is 1.90. The van der Waals surface area contributed by atoms with E-state index in [2.05, 4.69) is 55.2 Å². The summed E-state index contributed by atoms with van der Waals surface area (Å²) in [5, 5.41) is 4.15. The van der Waals surface area contributed by atoms with Crippen molar-refractivity contribution in [3.8, 4) is 22.6 Å². The van der Waals surface area contributed by atoms with E-state index in [0.29, 0.717) is 0 Å². The van der Waals surface area contributed by atoms with Crippen molar-refractivity contribution < 1.29 is 4.52 Å². The van der Waals surface area contributed by atoms with Gasteiger partial charge in [0.1, 0.15) is 5.69 Å². The molecule has 3 heteroatoms. The molecule has 0 N–H and O–H groups in total. The van der Waals surface area contributed by atoms with Crippen molar-refractivity contribution in [3.63, 3.8) is 0 Å². The van der Waals surface area contributed by atoms with Crippen molar-refractivity contribution in [1.29, 1.82) is 0 Å². The number of hydrogen-bond acceptors (Lipinski definition) is 3. The topological polar surface area (TPSA) is 38.9 Å². The van der Waals surface area contributed by atoms with Crippen LogP contribution in [0.2, 0.25) is 0 Å². The maximum atomic E-state index is 5.41. The minimum absolute atomic E-state index is 0.156. The van der Waals surface area contributed by atoms with Gasteiger partial charge in [-0.05, 0) is 23.1 Å². The summed E-state index contributed by atoms with van der Waals surface area (Å²) in [5.41, 5.74) is 4.30. The molecule has 2 aromatic heterocycles. The van der Waals surface area contributed by atoms with Crippen molar-refractivity contribution in [1.82, 2.24) is 10.1 Å². The fourth-order valence-electron chi connectivity index (χ4n) is 2.20. The van der Waals surface area contributed by atoms with E-state index in [0.717, 1.165) is 22.6 Å². The molecule has 21 heavy (non-hydrogen) atoms. The van der Waals surface area contributed by atoms with Gasteiger partial charge in [-0.2, -0.15) is 0 Å². The molecule has 0 fully saturated rings. The number of pyridine rings is 1. The molecule has 0 spiro atoms. The van der Waals surface area contributed by atoms with Crippen molar-refractivity contribution in [2.45, 2.75) is 26.2 Å². The number of benzene rings is 1. The van der Waals surface area contributed by atoms with Gasteiger partial charge in [0, 0.05) is 29.6 Å². The number of aromatic nitrogens is 2. The molecule has 0 saturated carbocycles. The SMILES string of the molecule is CC(C)(C)c1ccc(-c2cc(-c3cccnc3)on2)cc1. The van der Waals surface area contributed by atoms with E-state index in [1.807, 2.05) is 18.2 Å². The predicted octanol–water partition coefficient (Wildman–Crippen LogP) is 4.70. The highest BCUT2D eigenvalue weighted by Crippen LogP contribution is 2.28. The van der Waals surface area contributed by atoms with Gasteiger partial charge in [0.05, 0.1) is 0 Å². The van der Waals surface area contributed by atoms with Crippen molar-refractivity contribution in [2.75, 3.05) is 0 Å². The molecule has 0 saturated heterocycles. The summed E-state index contributed by atoms with van der Waals surface area (Å²) in [6.45, 7) is 6.62. The third kappa shape index (κ3) is 2.87. The molecule has 3 rings (SSSR count). The highest BCUT2D eigenvalue weighted by molar-refractivity contribution is 5.66. The minimum atomic E-state index is 0.156. The zero-order chi connectivity index (χ0) is 14.9. The minimum Gasteiger partial charge on any atom is -0.356 e. The van der Waals surface area contributed by atoms with Crippen molar-refractivity contribution in [2.24, 2.45) is 0 Å². The summed E-state index contributed by atoms with van der Waals surface area (Å²) in [6, 6.07) is 14.3. The summed E-state index contributed by atoms with van der Waals surface area (Å²) >= 11 is 0. The first-order valence-corrected chi connectivity index (χ1v) is 7.02. The summed E-state index contributed by atoms with van der Waals surface area (Å²) in [5.74, 6) is 0.734. The van der Waals surface area contributed by atoms with Crippen LogP contribution in [-0.2, 0) is 5.41 Å². The van der Waals surface area contributed by atoms with E-state index < -0.39 is 0 Å². The molecule has 0 aliphatic carbocycles. The van der Waals surface area contributed by atoms with Gasteiger partial charge < -0.3 is 4.52 Å². The molecule has 2 heterocycles. The fraction of sp³-hybridized carbons (Fsp3) is 0.222. The van der Waals surface area contributed by atoms with E-state index in [-0.39, 0.29) is 5.41 Å². The molecule has 3 nitrogen and oxygen atoms in total. The maximum absolute atomic E-state index is 5.41. The van der Waals surface area contributed by atoms with Crippen molar-refractivity contribution >= 4 is 0 Å². The van der Waals surface area contributed by atoms with Crippen LogP contribution in [0.4, 0.5) is 0 Å². The second kappa shape index (κ2) is 5.17. The van der Waals surface area contributed by atoms with Crippen LogP contribution in [-0.4, -0.2) is 10.1 Å². The first-order chi connectivity index (χ1) is 10.0. The lowest BCUT2D eigenvalue weighted by molar-refractivity contribution is 0.435. The van der Waals surface area contributed by atoms with E-state index in [4.69, 9.17) is 4.52 Å². The molecular weight excluding hydrogens is 260 g/mol. The van der Waals surface area contributed by atoms with Crippen LogP contribution >= 0.6 is 0 Å². The van der Waals surface area contributed by atoms with E-state index in [1.54, 1.807) is 12.4 Å². The Morgan fingerprint density at radius 1 is 0.952 bits per heavy atom. The molecule has 0 bridgehead atoms. The highest BCUT2D eigenvalue weighted by atomic mass is 16.5. The predicted molar refractivity (Wildman–Crippen MR) is 83.9 cm³/mol. The average Bonchev–Trinajstić information content (AvgIpc) is 2.97. The smallest absolute Gasteiger partial charge is 0.169 e. The van der Waals surface area contributed by atoms with Crippen LogP contribution in [0.1, 0.15) is 26.3 Å².